The zero-order chi connectivity index (χ0) is 12.3. The number of hydrogen-bond acceptors (Lipinski definition) is 4. The molecule has 5 heteroatoms. The molecule has 0 saturated heterocycles. The van der Waals surface area contributed by atoms with Gasteiger partial charge >= 0.3 is 5.97 Å². The fourth-order valence-electron chi connectivity index (χ4n) is 1.35. The molecule has 0 spiro atoms. The highest BCUT2D eigenvalue weighted by atomic mass is 16.5. The van der Waals surface area contributed by atoms with Gasteiger partial charge in [-0.05, 0) is 18.6 Å². The molecule has 1 aromatic carbocycles. The number of Topliss-reactive ketones (excluding diaryl/α,β-unsaturated/α-hetero) is 1. The van der Waals surface area contributed by atoms with E-state index in [1.165, 1.54) is 26.4 Å². The van der Waals surface area contributed by atoms with Crippen molar-refractivity contribution in [1.29, 1.82) is 0 Å². The molecular weight excluding hydrogens is 212 g/mol. The summed E-state index contributed by atoms with van der Waals surface area (Å²) in [7, 11) is 2.85. The molecule has 1 aromatic rings. The van der Waals surface area contributed by atoms with E-state index in [1.54, 1.807) is 6.92 Å². The predicted molar refractivity (Wildman–Crippen MR) is 56.2 cm³/mol. The van der Waals surface area contributed by atoms with Crippen LogP contribution in [0.3, 0.4) is 0 Å². The molecule has 86 valence electrons. The minimum atomic E-state index is -1.51. The predicted octanol–water partition coefficient (Wildman–Crippen LogP) is 1.28. The molecule has 0 radical (unpaired) electrons. The van der Waals surface area contributed by atoms with E-state index < -0.39 is 11.8 Å². The van der Waals surface area contributed by atoms with Crippen LogP contribution >= 0.6 is 0 Å². The van der Waals surface area contributed by atoms with Crippen molar-refractivity contribution < 1.29 is 24.2 Å². The van der Waals surface area contributed by atoms with Crippen molar-refractivity contribution in [3.8, 4) is 11.5 Å². The molecular formula is C11H12O5. The molecule has 0 aliphatic carbocycles. The average molecular weight is 224 g/mol. The maximum Gasteiger partial charge on any atom is 0.377 e. The summed E-state index contributed by atoms with van der Waals surface area (Å²) >= 11 is 0. The number of carbonyl (C=O) groups is 2. The van der Waals surface area contributed by atoms with Crippen molar-refractivity contribution in [2.45, 2.75) is 6.92 Å². The Morgan fingerprint density at radius 3 is 2.12 bits per heavy atom. The van der Waals surface area contributed by atoms with Gasteiger partial charge in [-0.3, -0.25) is 4.79 Å². The van der Waals surface area contributed by atoms with E-state index in [-0.39, 0.29) is 11.3 Å². The number of rotatable bonds is 4. The van der Waals surface area contributed by atoms with E-state index in [9.17, 15) is 9.59 Å². The maximum atomic E-state index is 11.4. The van der Waals surface area contributed by atoms with Crippen LogP contribution in [0.25, 0.3) is 0 Å². The number of hydrogen-bond donors (Lipinski definition) is 1. The monoisotopic (exact) mass is 224 g/mol. The van der Waals surface area contributed by atoms with Gasteiger partial charge in [0.25, 0.3) is 5.78 Å². The van der Waals surface area contributed by atoms with Crippen LogP contribution in [0.15, 0.2) is 12.1 Å². The van der Waals surface area contributed by atoms with Gasteiger partial charge in [-0.1, -0.05) is 0 Å². The first kappa shape index (κ1) is 12.0. The highest BCUT2D eigenvalue weighted by Gasteiger charge is 2.21. The standard InChI is InChI=1S/C11H12O5/c1-6-4-7(10(12)11(13)14)9(16-3)5-8(6)15-2/h4-5H,1-3H3,(H,13,14). The Balaban J connectivity index is 3.34. The van der Waals surface area contributed by atoms with Gasteiger partial charge in [0, 0.05) is 6.07 Å². The highest BCUT2D eigenvalue weighted by molar-refractivity contribution is 6.40. The highest BCUT2D eigenvalue weighted by Crippen LogP contribution is 2.28. The van der Waals surface area contributed by atoms with Crippen LogP contribution in [0.1, 0.15) is 15.9 Å². The molecule has 0 amide bonds. The number of methoxy groups -OCH3 is 2. The fraction of sp³-hybridized carbons (Fsp3) is 0.273. The molecule has 0 heterocycles. The lowest BCUT2D eigenvalue weighted by Gasteiger charge is -2.10. The first-order valence-corrected chi connectivity index (χ1v) is 4.51. The van der Waals surface area contributed by atoms with Gasteiger partial charge in [0.2, 0.25) is 0 Å². The van der Waals surface area contributed by atoms with Crippen LogP contribution in [0.2, 0.25) is 0 Å². The van der Waals surface area contributed by atoms with Crippen molar-refractivity contribution >= 4 is 11.8 Å². The van der Waals surface area contributed by atoms with E-state index in [0.29, 0.717) is 11.3 Å². The number of carboxylic acids is 1. The van der Waals surface area contributed by atoms with Gasteiger partial charge in [-0.15, -0.1) is 0 Å². The number of aliphatic carboxylic acids is 1. The summed E-state index contributed by atoms with van der Waals surface area (Å²) in [4.78, 5) is 22.0. The summed E-state index contributed by atoms with van der Waals surface area (Å²) in [6, 6.07) is 2.93. The maximum absolute atomic E-state index is 11.4. The lowest BCUT2D eigenvalue weighted by Crippen LogP contribution is -2.14. The minimum absolute atomic E-state index is 0.0216. The van der Waals surface area contributed by atoms with Crippen LogP contribution in [0, 0.1) is 6.92 Å². The SMILES string of the molecule is COc1cc(OC)c(C(=O)C(=O)O)cc1C. The fourth-order valence-corrected chi connectivity index (χ4v) is 1.35. The van der Waals surface area contributed by atoms with E-state index in [0.717, 1.165) is 0 Å². The smallest absolute Gasteiger partial charge is 0.377 e. The number of aryl methyl sites for hydroxylation is 1. The van der Waals surface area contributed by atoms with Gasteiger partial charge in [0.05, 0.1) is 19.8 Å². The van der Waals surface area contributed by atoms with E-state index in [2.05, 4.69) is 0 Å². The molecule has 5 nitrogen and oxygen atoms in total. The molecule has 0 atom stereocenters. The van der Waals surface area contributed by atoms with E-state index >= 15 is 0 Å². The third-order valence-electron chi connectivity index (χ3n) is 2.16. The summed E-state index contributed by atoms with van der Waals surface area (Å²) in [5, 5.41) is 8.64. The summed E-state index contributed by atoms with van der Waals surface area (Å²) < 4.78 is 9.99. The van der Waals surface area contributed by atoms with Crippen LogP contribution in [-0.4, -0.2) is 31.1 Å². The van der Waals surface area contributed by atoms with Crippen molar-refractivity contribution in [2.75, 3.05) is 14.2 Å². The molecule has 0 saturated carbocycles. The van der Waals surface area contributed by atoms with Crippen molar-refractivity contribution in [3.05, 3.63) is 23.3 Å². The zero-order valence-electron chi connectivity index (χ0n) is 9.23. The quantitative estimate of drug-likeness (QED) is 0.616. The Kier molecular flexibility index (Phi) is 3.50. The third-order valence-corrected chi connectivity index (χ3v) is 2.16. The summed E-state index contributed by atoms with van der Waals surface area (Å²) in [5.41, 5.74) is 0.696. The summed E-state index contributed by atoms with van der Waals surface area (Å²) in [5.74, 6) is -1.78. The van der Waals surface area contributed by atoms with E-state index in [1.807, 2.05) is 0 Å². The van der Waals surface area contributed by atoms with Gasteiger partial charge in [0.1, 0.15) is 11.5 Å². The largest absolute Gasteiger partial charge is 0.496 e. The Morgan fingerprint density at radius 1 is 1.12 bits per heavy atom. The lowest BCUT2D eigenvalue weighted by molar-refractivity contribution is -0.131. The second-order valence-corrected chi connectivity index (χ2v) is 3.16. The normalized spacial score (nSPS) is 9.69. The van der Waals surface area contributed by atoms with Gasteiger partial charge in [-0.25, -0.2) is 4.79 Å². The zero-order valence-corrected chi connectivity index (χ0v) is 9.23. The summed E-state index contributed by atoms with van der Waals surface area (Å²) in [6.45, 7) is 1.72. The van der Waals surface area contributed by atoms with Crippen molar-refractivity contribution in [3.63, 3.8) is 0 Å². The lowest BCUT2D eigenvalue weighted by atomic mass is 10.1. The molecule has 1 rings (SSSR count). The molecule has 0 bridgehead atoms. The Labute approximate surface area is 92.6 Å². The first-order valence-electron chi connectivity index (χ1n) is 4.51. The van der Waals surface area contributed by atoms with Gasteiger partial charge in [-0.2, -0.15) is 0 Å². The van der Waals surface area contributed by atoms with Crippen LogP contribution < -0.4 is 9.47 Å². The van der Waals surface area contributed by atoms with Crippen LogP contribution in [0.5, 0.6) is 11.5 Å². The average Bonchev–Trinajstić information content (AvgIpc) is 2.27. The van der Waals surface area contributed by atoms with Gasteiger partial charge < -0.3 is 14.6 Å². The molecule has 0 aromatic heterocycles. The van der Waals surface area contributed by atoms with E-state index in [4.69, 9.17) is 14.6 Å². The number of carboxylic acid groups (broad SMARTS) is 1. The second-order valence-electron chi connectivity index (χ2n) is 3.16. The van der Waals surface area contributed by atoms with Gasteiger partial charge in [0.15, 0.2) is 0 Å². The molecule has 16 heavy (non-hydrogen) atoms. The van der Waals surface area contributed by atoms with Crippen LogP contribution in [0.4, 0.5) is 0 Å². The second kappa shape index (κ2) is 4.65. The molecule has 0 aliphatic heterocycles. The van der Waals surface area contributed by atoms with Crippen LogP contribution in [-0.2, 0) is 4.79 Å². The molecule has 0 aliphatic rings. The summed E-state index contributed by atoms with van der Waals surface area (Å²) in [6.07, 6.45) is 0. The number of benzene rings is 1. The number of carbonyl (C=O) groups excluding carboxylic acids is 1. The van der Waals surface area contributed by atoms with Crippen molar-refractivity contribution in [2.24, 2.45) is 0 Å². The minimum Gasteiger partial charge on any atom is -0.496 e. The Bertz CT molecular complexity index is 436. The number of ketones is 1. The third kappa shape index (κ3) is 2.13. The first-order chi connectivity index (χ1) is 7.51. The Morgan fingerprint density at radius 2 is 1.69 bits per heavy atom. The Hall–Kier alpha value is -2.04. The molecule has 0 unspecified atom stereocenters. The molecule has 1 N–H and O–H groups in total. The molecule has 0 fully saturated rings. The number of ether oxygens (including phenoxy) is 2. The van der Waals surface area contributed by atoms with Crippen molar-refractivity contribution in [1.82, 2.24) is 0 Å². The topological polar surface area (TPSA) is 72.8 Å².